The lowest BCUT2D eigenvalue weighted by Gasteiger charge is -2.16. The Kier molecular flexibility index (Phi) is 93.6. The first kappa shape index (κ1) is 142. The number of pyridine rings is 1. The highest BCUT2D eigenvalue weighted by Gasteiger charge is 2.30. The topological polar surface area (TPSA) is 517 Å². The van der Waals surface area contributed by atoms with Gasteiger partial charge in [0.1, 0.15) is 66.8 Å². The van der Waals surface area contributed by atoms with Gasteiger partial charge < -0.3 is 110 Å². The summed E-state index contributed by atoms with van der Waals surface area (Å²) in [6.45, 7) is 21.2. The molecule has 2 aliphatic heterocycles. The van der Waals surface area contributed by atoms with Gasteiger partial charge in [0.05, 0.1) is 66.7 Å². The molecule has 3 amide bonds. The lowest BCUT2D eigenvalue weighted by atomic mass is 10.2. The third kappa shape index (κ3) is 61.2. The number of esters is 5. The average Bonchev–Trinajstić information content (AvgIpc) is 1.66. The number of aliphatic carboxylic acids is 3. The van der Waals surface area contributed by atoms with E-state index in [0.29, 0.717) is 131 Å². The molecule has 0 bridgehead atoms. The first-order chi connectivity index (χ1) is 56.9. The highest BCUT2D eigenvalue weighted by atomic mass is 35.5. The second kappa shape index (κ2) is 84.9. The maximum Gasteiger partial charge on any atom is 0.513 e. The minimum absolute atomic E-state index is 0. The Morgan fingerprint density at radius 2 is 0.853 bits per heavy atom. The van der Waals surface area contributed by atoms with Crippen molar-refractivity contribution in [3.05, 3.63) is 70.8 Å². The molecule has 7 rings (SSSR count). The van der Waals surface area contributed by atoms with Crippen LogP contribution in [0.1, 0.15) is 197 Å². The third-order valence-corrected chi connectivity index (χ3v) is 24.1. The molecule has 35 nitrogen and oxygen atoms in total. The Labute approximate surface area is 817 Å². The summed E-state index contributed by atoms with van der Waals surface area (Å²) in [6.07, 6.45) is 3.89. The molecule has 2 aromatic carbocycles. The van der Waals surface area contributed by atoms with Crippen LogP contribution in [0.5, 0.6) is 11.5 Å². The fraction of sp³-hybridized carbons (Fsp3) is 0.585. The number of thiazole rings is 2. The minimum Gasteiger partial charge on any atom is -1.00 e. The minimum atomic E-state index is -0.958. The molecule has 0 fully saturated rings. The summed E-state index contributed by atoms with van der Waals surface area (Å²) in [5.74, 6) is -1.20. The molecule has 0 aliphatic carbocycles. The van der Waals surface area contributed by atoms with E-state index in [0.717, 1.165) is 25.7 Å². The zero-order valence-corrected chi connectivity index (χ0v) is 78.3. The van der Waals surface area contributed by atoms with Crippen LogP contribution in [0.3, 0.4) is 0 Å². The lowest BCUT2D eigenvalue weighted by Crippen LogP contribution is -3.00. The molecule has 0 saturated carbocycles. The molecule has 2 aliphatic rings. The molecule has 0 radical (unpaired) electrons. The number of hydrogen-bond donors (Lipinski definition) is 10. The van der Waals surface area contributed by atoms with Gasteiger partial charge in [-0.05, 0) is 107 Å². The largest absolute Gasteiger partial charge is 1.00 e. The number of hydrogen-bond acceptors (Lipinski definition) is 39. The molecular weight excluding hydrogens is 1920 g/mol. The number of fused-ring (bicyclic) bond motifs is 2. The summed E-state index contributed by atoms with van der Waals surface area (Å²) >= 11 is 13.2. The van der Waals surface area contributed by atoms with Gasteiger partial charge >= 0.3 is 60.1 Å². The Morgan fingerprint density at radius 1 is 0.473 bits per heavy atom. The van der Waals surface area contributed by atoms with E-state index in [1.165, 1.54) is 67.8 Å². The number of carbonyl (C=O) groups is 13. The number of benzene rings is 2. The van der Waals surface area contributed by atoms with Gasteiger partial charge in [-0.3, -0.25) is 38.8 Å². The van der Waals surface area contributed by atoms with Crippen molar-refractivity contribution in [2.24, 2.45) is 21.5 Å². The van der Waals surface area contributed by atoms with Crippen LogP contribution in [0.25, 0.3) is 20.4 Å². The van der Waals surface area contributed by atoms with Gasteiger partial charge in [0, 0.05) is 84.3 Å². The summed E-state index contributed by atoms with van der Waals surface area (Å²) < 4.78 is 46.1. The van der Waals surface area contributed by atoms with Crippen molar-refractivity contribution >= 4 is 223 Å². The van der Waals surface area contributed by atoms with E-state index in [4.69, 9.17) is 59.9 Å². The van der Waals surface area contributed by atoms with Crippen molar-refractivity contribution in [1.29, 1.82) is 0 Å². The number of nitrogens with one attached hydrogen (secondary N) is 3. The van der Waals surface area contributed by atoms with E-state index in [1.807, 2.05) is 32.0 Å². The van der Waals surface area contributed by atoms with Crippen LogP contribution < -0.4 is 61.7 Å². The lowest BCUT2D eigenvalue weighted by molar-refractivity contribution is -0.147. The van der Waals surface area contributed by atoms with Crippen LogP contribution in [-0.4, -0.2) is 247 Å². The number of ether oxygens (including phenoxy) is 9. The Bertz CT molecular complexity index is 3990. The zero-order chi connectivity index (χ0) is 89.2. The standard InChI is InChI=1S/C23H27N3O8S4.C20H17N3O5S4.C9H17NO3.C8H15NO3S.C6H13NO2.C5H11NO2S.C3H6O2.8CH4.2ClH/c1-3-18(27)24-16(22(30)32-4-2)12-37-36-9-5-8-33-23(31)34-13-6-7-14-17(10-13)38-20(25-14)19-26-15(11-35-19)21(28)29;24-19(25)14-11-29-17(23-14)18-22-13-6-5-12(10-15(13)31-18)28-20(26)27-8-3-9-30-32-16-4-1-2-7-21-16;1-4-7(9(12)13-6-3)10-8(11)5-2;1-3-7(10)9-6(5-13)8(11)12-4-2;1-3-5(7)6(8)9-4-2;1-2-8-5(7)4(6)3-9;1-2-3(4)5;;;;;;;;;;/h6-7,10,15-16H,3-5,8-9,11-12H2,1-2H3,(H,24,27)(H,28,29);1-2,4-7,10,14H,3,8-9,11H2,(H,24,25);7H,4-6H2,1-3H3,(H,10,11);6,13H,3-5H2,1-2H3,(H,9,10);5H,3-4,7H2,1-2H3;4,9H,2-3,6H2,1H3;2H2,1H3,(H,4,5);8*1H4;2*1H/p-2/t15-,16?;14-;7-;6-;5-;4-;;;;;;;;;;;/m110000.........../s1. The number of aliphatic imine (C=N–C) groups is 2. The summed E-state index contributed by atoms with van der Waals surface area (Å²) in [6, 6.07) is 11.5. The van der Waals surface area contributed by atoms with E-state index >= 15 is 0 Å². The maximum atomic E-state index is 12.1. The number of aromatic nitrogens is 3. The number of thioether (sulfide) groups is 2. The third-order valence-electron chi connectivity index (χ3n) is 14.0. The van der Waals surface area contributed by atoms with Gasteiger partial charge in [0.2, 0.25) is 17.7 Å². The first-order valence-electron chi connectivity index (χ1n) is 37.4. The second-order valence-corrected chi connectivity index (χ2v) is 33.0. The van der Waals surface area contributed by atoms with Crippen LogP contribution in [0.4, 0.5) is 9.59 Å². The van der Waals surface area contributed by atoms with Gasteiger partial charge in [-0.2, -0.15) is 25.3 Å². The fourth-order valence-corrected chi connectivity index (χ4v) is 16.6. The molecule has 0 spiro atoms. The van der Waals surface area contributed by atoms with Crippen LogP contribution in [0.15, 0.2) is 75.8 Å². The molecule has 7 atom stereocenters. The van der Waals surface area contributed by atoms with Crippen molar-refractivity contribution in [2.75, 3.05) is 86.5 Å². The fourth-order valence-electron chi connectivity index (χ4n) is 7.86. The number of rotatable bonds is 40. The first-order valence-corrected chi connectivity index (χ1v) is 47.1. The molecular formula is C82H138Cl2N10O25S10-2. The normalized spacial score (nSPS) is 12.9. The van der Waals surface area contributed by atoms with E-state index in [9.17, 15) is 62.3 Å². The van der Waals surface area contributed by atoms with Crippen molar-refractivity contribution in [1.82, 2.24) is 30.9 Å². The SMILES string of the molecule is C.C.C.C.C.C.C.C.CCC(=O)O.CCOC(=O)C(CSSCCCOC(=O)Oc1ccc2nc(C3=N[C@@H](C(=O)O)CS3)sc2c1)NC(=O)CC.CCOC(=O)[C@@H](N)CC.CCOC(=O)[C@@H](N)CS.CCOC(=O)[C@H](CC)NC(=O)CC.CCOC(=O)[C@H](CS)NC(=O)CC.O=C(OCCCSSc1ccccn1)Oc1ccc2nc(C3=N[C@@H](C(=O)O)CS3)sc2c1.[Cl-].[Cl-]. The molecule has 3 aromatic heterocycles. The van der Waals surface area contributed by atoms with Crippen molar-refractivity contribution in [3.8, 4) is 11.5 Å². The molecule has 0 saturated heterocycles. The van der Waals surface area contributed by atoms with Crippen molar-refractivity contribution < 1.29 is 145 Å². The summed E-state index contributed by atoms with van der Waals surface area (Å²) in [4.78, 5) is 166. The number of carboxylic acids is 3. The van der Waals surface area contributed by atoms with Crippen LogP contribution in [-0.2, 0) is 85.9 Å². The van der Waals surface area contributed by atoms with Gasteiger partial charge in [0.25, 0.3) is 0 Å². The monoisotopic (exact) mass is 2050 g/mol. The number of nitrogens with zero attached hydrogens (tertiary/aromatic N) is 5. The molecule has 5 heterocycles. The predicted molar refractivity (Wildman–Crippen MR) is 527 cm³/mol. The molecule has 742 valence electrons. The number of thiol groups is 2. The summed E-state index contributed by atoms with van der Waals surface area (Å²) in [5, 5.41) is 37.1. The second-order valence-electron chi connectivity index (χ2n) is 23.1. The van der Waals surface area contributed by atoms with Crippen molar-refractivity contribution in [3.63, 3.8) is 0 Å². The maximum absolute atomic E-state index is 12.1. The Hall–Kier alpha value is -7.28. The number of halogens is 2. The van der Waals surface area contributed by atoms with Gasteiger partial charge in [-0.1, -0.05) is 139 Å². The van der Waals surface area contributed by atoms with Crippen molar-refractivity contribution in [2.45, 2.75) is 234 Å². The quantitative estimate of drug-likeness (QED) is 0.00435. The highest BCUT2D eigenvalue weighted by molar-refractivity contribution is 8.77. The molecule has 47 heteroatoms. The van der Waals surface area contributed by atoms with Gasteiger partial charge in [-0.25, -0.2) is 48.5 Å². The van der Waals surface area contributed by atoms with Crippen LogP contribution in [0, 0.1) is 0 Å². The van der Waals surface area contributed by atoms with Gasteiger partial charge in [0.15, 0.2) is 12.1 Å². The number of nitrogens with two attached hydrogens (primary N) is 2. The van der Waals surface area contributed by atoms with Crippen LogP contribution >= 0.6 is 115 Å². The van der Waals surface area contributed by atoms with Gasteiger partial charge in [-0.15, -0.1) is 46.2 Å². The van der Waals surface area contributed by atoms with E-state index < -0.39 is 84.5 Å². The van der Waals surface area contributed by atoms with E-state index in [-0.39, 0.29) is 158 Å². The van der Waals surface area contributed by atoms with Crippen LogP contribution in [0.2, 0.25) is 0 Å². The Morgan fingerprint density at radius 3 is 1.20 bits per heavy atom. The number of carboxylic acid groups (broad SMARTS) is 3. The molecule has 129 heavy (non-hydrogen) atoms. The highest BCUT2D eigenvalue weighted by Crippen LogP contribution is 2.34. The summed E-state index contributed by atoms with van der Waals surface area (Å²) in [5.41, 5.74) is 12.0. The van der Waals surface area contributed by atoms with E-state index in [1.54, 1.807) is 126 Å². The molecule has 1 unspecified atom stereocenters. The van der Waals surface area contributed by atoms with E-state index in [2.05, 4.69) is 75.6 Å². The average molecular weight is 2060 g/mol. The Balaban J connectivity index is -0.000000174. The smallest absolute Gasteiger partial charge is 0.513 e. The zero-order valence-electron chi connectivity index (χ0n) is 68.5. The number of amides is 3. The summed E-state index contributed by atoms with van der Waals surface area (Å²) in [7, 11) is 6.16. The molecule has 10 N–H and O–H groups in total. The predicted octanol–water partition coefficient (Wildman–Crippen LogP) is 9.87. The number of carbonyl (C=O) groups excluding carboxylic acids is 10. The molecule has 5 aromatic rings.